The van der Waals surface area contributed by atoms with Crippen LogP contribution in [0.1, 0.15) is 11.1 Å². The molecule has 0 aliphatic carbocycles. The van der Waals surface area contributed by atoms with E-state index in [2.05, 4.69) is 60.0 Å². The second kappa shape index (κ2) is 6.14. The van der Waals surface area contributed by atoms with Crippen LogP contribution in [0.25, 0.3) is 22.4 Å². The van der Waals surface area contributed by atoms with Crippen molar-refractivity contribution in [1.29, 1.82) is 0 Å². The van der Waals surface area contributed by atoms with E-state index >= 15 is 0 Å². The third-order valence-corrected chi connectivity index (χ3v) is 4.44. The highest BCUT2D eigenvalue weighted by molar-refractivity contribution is 6.31. The normalized spacial score (nSPS) is 11.1. The number of rotatable bonds is 3. The summed E-state index contributed by atoms with van der Waals surface area (Å²) >= 11 is 6.16. The largest absolute Gasteiger partial charge is 0.319 e. The van der Waals surface area contributed by atoms with E-state index in [1.54, 1.807) is 0 Å². The second-order valence-electron chi connectivity index (χ2n) is 6.01. The molecular formula is C21H17ClN2. The topological polar surface area (TPSA) is 17.8 Å². The lowest BCUT2D eigenvalue weighted by molar-refractivity contribution is 0.834. The molecule has 0 bridgehead atoms. The van der Waals surface area contributed by atoms with Crippen LogP contribution in [0, 0.1) is 6.92 Å². The lowest BCUT2D eigenvalue weighted by Gasteiger charge is -2.10. The molecule has 0 fully saturated rings. The Balaban J connectivity index is 1.91. The summed E-state index contributed by atoms with van der Waals surface area (Å²) in [6, 6.07) is 24.8. The van der Waals surface area contributed by atoms with E-state index < -0.39 is 0 Å². The molecular weight excluding hydrogens is 316 g/mol. The van der Waals surface area contributed by atoms with Crippen LogP contribution in [0.5, 0.6) is 0 Å². The number of hydrogen-bond donors (Lipinski definition) is 0. The molecule has 0 aliphatic heterocycles. The van der Waals surface area contributed by atoms with Gasteiger partial charge in [0.1, 0.15) is 5.82 Å². The summed E-state index contributed by atoms with van der Waals surface area (Å²) in [4.78, 5) is 4.85. The van der Waals surface area contributed by atoms with Gasteiger partial charge < -0.3 is 4.57 Å². The predicted molar refractivity (Wildman–Crippen MR) is 100 cm³/mol. The van der Waals surface area contributed by atoms with E-state index in [1.165, 1.54) is 11.1 Å². The standard InChI is InChI=1S/C21H17ClN2/c1-15-7-9-17(10-8-15)21-23-19-13-18(22)11-12-20(19)24(21)14-16-5-3-2-4-6-16/h2-13H,14H2,1H3. The maximum atomic E-state index is 6.16. The highest BCUT2D eigenvalue weighted by atomic mass is 35.5. The number of imidazole rings is 1. The summed E-state index contributed by atoms with van der Waals surface area (Å²) in [6.07, 6.45) is 0. The monoisotopic (exact) mass is 332 g/mol. The number of nitrogens with zero attached hydrogens (tertiary/aromatic N) is 2. The van der Waals surface area contributed by atoms with Crippen molar-refractivity contribution in [1.82, 2.24) is 9.55 Å². The molecule has 24 heavy (non-hydrogen) atoms. The highest BCUT2D eigenvalue weighted by Crippen LogP contribution is 2.28. The van der Waals surface area contributed by atoms with E-state index in [0.717, 1.165) is 29.0 Å². The van der Waals surface area contributed by atoms with Crippen LogP contribution >= 0.6 is 11.6 Å². The Morgan fingerprint density at radius 2 is 1.67 bits per heavy atom. The third-order valence-electron chi connectivity index (χ3n) is 4.20. The van der Waals surface area contributed by atoms with Crippen LogP contribution in [0.15, 0.2) is 72.8 Å². The zero-order chi connectivity index (χ0) is 16.5. The molecule has 2 nitrogen and oxygen atoms in total. The predicted octanol–water partition coefficient (Wildman–Crippen LogP) is 5.71. The van der Waals surface area contributed by atoms with Gasteiger partial charge in [-0.05, 0) is 30.7 Å². The highest BCUT2D eigenvalue weighted by Gasteiger charge is 2.13. The van der Waals surface area contributed by atoms with Crippen LogP contribution in [0.4, 0.5) is 0 Å². The lowest BCUT2D eigenvalue weighted by Crippen LogP contribution is -2.02. The van der Waals surface area contributed by atoms with E-state index in [9.17, 15) is 0 Å². The summed E-state index contributed by atoms with van der Waals surface area (Å²) < 4.78 is 2.26. The van der Waals surface area contributed by atoms with E-state index in [-0.39, 0.29) is 0 Å². The smallest absolute Gasteiger partial charge is 0.141 e. The first kappa shape index (κ1) is 15.0. The molecule has 4 aromatic rings. The van der Waals surface area contributed by atoms with Crippen LogP contribution in [0.2, 0.25) is 5.02 Å². The molecule has 0 unspecified atom stereocenters. The number of hydrogen-bond acceptors (Lipinski definition) is 1. The van der Waals surface area contributed by atoms with E-state index in [4.69, 9.17) is 16.6 Å². The van der Waals surface area contributed by atoms with Gasteiger partial charge in [-0.1, -0.05) is 71.8 Å². The van der Waals surface area contributed by atoms with E-state index in [1.807, 2.05) is 24.3 Å². The first-order valence-corrected chi connectivity index (χ1v) is 8.35. The molecule has 0 aliphatic rings. The van der Waals surface area contributed by atoms with Crippen LogP contribution in [-0.4, -0.2) is 9.55 Å². The molecule has 0 radical (unpaired) electrons. The molecule has 3 heteroatoms. The molecule has 4 rings (SSSR count). The Bertz CT molecular complexity index is 986. The fourth-order valence-electron chi connectivity index (χ4n) is 2.95. The lowest BCUT2D eigenvalue weighted by atomic mass is 10.1. The van der Waals surface area contributed by atoms with Crippen molar-refractivity contribution < 1.29 is 0 Å². The molecule has 3 aromatic carbocycles. The minimum absolute atomic E-state index is 0.710. The minimum Gasteiger partial charge on any atom is -0.319 e. The fraction of sp³-hybridized carbons (Fsp3) is 0.0952. The van der Waals surface area contributed by atoms with E-state index in [0.29, 0.717) is 5.02 Å². The van der Waals surface area contributed by atoms with Gasteiger partial charge in [-0.2, -0.15) is 0 Å². The van der Waals surface area contributed by atoms with Crippen LogP contribution in [0.3, 0.4) is 0 Å². The number of aromatic nitrogens is 2. The molecule has 0 atom stereocenters. The molecule has 0 amide bonds. The van der Waals surface area contributed by atoms with Crippen molar-refractivity contribution in [3.63, 3.8) is 0 Å². The van der Waals surface area contributed by atoms with Crippen molar-refractivity contribution in [2.45, 2.75) is 13.5 Å². The zero-order valence-corrected chi connectivity index (χ0v) is 14.2. The quantitative estimate of drug-likeness (QED) is 0.469. The average Bonchev–Trinajstić information content (AvgIpc) is 2.94. The van der Waals surface area contributed by atoms with Gasteiger partial charge in [-0.3, -0.25) is 0 Å². The van der Waals surface area contributed by atoms with Crippen molar-refractivity contribution in [2.75, 3.05) is 0 Å². The first-order valence-electron chi connectivity index (χ1n) is 7.97. The molecule has 0 spiro atoms. The average molecular weight is 333 g/mol. The fourth-order valence-corrected chi connectivity index (χ4v) is 3.12. The molecule has 1 heterocycles. The number of aryl methyl sites for hydroxylation is 1. The maximum Gasteiger partial charge on any atom is 0.141 e. The van der Waals surface area contributed by atoms with Crippen molar-refractivity contribution in [3.8, 4) is 11.4 Å². The Morgan fingerprint density at radius 1 is 0.917 bits per heavy atom. The molecule has 0 saturated carbocycles. The van der Waals surface area contributed by atoms with Gasteiger partial charge in [0.15, 0.2) is 0 Å². The maximum absolute atomic E-state index is 6.16. The van der Waals surface area contributed by atoms with Gasteiger partial charge >= 0.3 is 0 Å². The molecule has 118 valence electrons. The summed E-state index contributed by atoms with van der Waals surface area (Å²) in [5.41, 5.74) is 5.63. The Morgan fingerprint density at radius 3 is 2.42 bits per heavy atom. The van der Waals surface area contributed by atoms with Crippen LogP contribution < -0.4 is 0 Å². The Hall–Kier alpha value is -2.58. The SMILES string of the molecule is Cc1ccc(-c2nc3cc(Cl)ccc3n2Cc2ccccc2)cc1. The molecule has 0 saturated heterocycles. The zero-order valence-electron chi connectivity index (χ0n) is 13.4. The van der Waals surface area contributed by atoms with Crippen molar-refractivity contribution >= 4 is 22.6 Å². The number of benzene rings is 3. The van der Waals surface area contributed by atoms with Crippen LogP contribution in [-0.2, 0) is 6.54 Å². The molecule has 0 N–H and O–H groups in total. The Kier molecular flexibility index (Phi) is 3.83. The van der Waals surface area contributed by atoms with Crippen molar-refractivity contribution in [2.24, 2.45) is 0 Å². The Labute approximate surface area is 146 Å². The minimum atomic E-state index is 0.710. The molecule has 1 aromatic heterocycles. The van der Waals surface area contributed by atoms with Gasteiger partial charge in [-0.25, -0.2) is 4.98 Å². The summed E-state index contributed by atoms with van der Waals surface area (Å²) in [5.74, 6) is 0.969. The third kappa shape index (κ3) is 2.81. The van der Waals surface area contributed by atoms with Gasteiger partial charge in [0.25, 0.3) is 0 Å². The first-order chi connectivity index (χ1) is 11.7. The van der Waals surface area contributed by atoms with Gasteiger partial charge in [0, 0.05) is 17.1 Å². The number of halogens is 1. The second-order valence-corrected chi connectivity index (χ2v) is 6.44. The summed E-state index contributed by atoms with van der Waals surface area (Å²) in [6.45, 7) is 2.87. The van der Waals surface area contributed by atoms with Crippen molar-refractivity contribution in [3.05, 3.63) is 88.9 Å². The van der Waals surface area contributed by atoms with Gasteiger partial charge in [0.05, 0.1) is 11.0 Å². The van der Waals surface area contributed by atoms with Gasteiger partial charge in [-0.15, -0.1) is 0 Å². The summed E-state index contributed by atoms with van der Waals surface area (Å²) in [7, 11) is 0. The number of fused-ring (bicyclic) bond motifs is 1. The summed E-state index contributed by atoms with van der Waals surface area (Å²) in [5, 5.41) is 0.710. The van der Waals surface area contributed by atoms with Gasteiger partial charge in [0.2, 0.25) is 0 Å².